The number of fused-ring (bicyclic) bond motifs is 1. The van der Waals surface area contributed by atoms with Crippen molar-refractivity contribution in [2.75, 3.05) is 0 Å². The second kappa shape index (κ2) is 6.00. The van der Waals surface area contributed by atoms with Crippen LogP contribution >= 0.6 is 0 Å². The third-order valence-electron chi connectivity index (χ3n) is 3.57. The lowest BCUT2D eigenvalue weighted by Crippen LogP contribution is -2.25. The first kappa shape index (κ1) is 14.9. The summed E-state index contributed by atoms with van der Waals surface area (Å²) in [5, 5.41) is 0.817. The monoisotopic (exact) mass is 309 g/mol. The van der Waals surface area contributed by atoms with Crippen molar-refractivity contribution in [3.8, 4) is 0 Å². The van der Waals surface area contributed by atoms with Crippen LogP contribution in [0, 0.1) is 6.92 Å². The Balaban J connectivity index is 1.85. The number of ketones is 1. The number of carbonyl (C=O) groups is 2. The predicted molar refractivity (Wildman–Crippen MR) is 84.3 cm³/mol. The number of nitrogens with zero attached hydrogens (tertiary/aromatic N) is 2. The largest absolute Gasteiger partial charge is 0.449 e. The Morgan fingerprint density at radius 3 is 2.74 bits per heavy atom. The van der Waals surface area contributed by atoms with E-state index in [-0.39, 0.29) is 11.5 Å². The minimum Gasteiger partial charge on any atom is -0.449 e. The summed E-state index contributed by atoms with van der Waals surface area (Å²) in [6.45, 7) is 3.38. The maximum Gasteiger partial charge on any atom is 0.359 e. The summed E-state index contributed by atoms with van der Waals surface area (Å²) in [5.74, 6) is -0.923. The maximum absolute atomic E-state index is 12.7. The van der Waals surface area contributed by atoms with E-state index in [2.05, 4.69) is 15.0 Å². The zero-order chi connectivity index (χ0) is 16.4. The van der Waals surface area contributed by atoms with Crippen LogP contribution in [-0.2, 0) is 4.74 Å². The Kier molecular flexibility index (Phi) is 3.89. The van der Waals surface area contributed by atoms with Crippen molar-refractivity contribution in [1.29, 1.82) is 0 Å². The number of hydrogen-bond donors (Lipinski definition) is 1. The number of ether oxygens (including phenoxy) is 1. The number of aryl methyl sites for hydroxylation is 1. The lowest BCUT2D eigenvalue weighted by Gasteiger charge is -2.12. The summed E-state index contributed by atoms with van der Waals surface area (Å²) < 4.78 is 5.22. The van der Waals surface area contributed by atoms with Gasteiger partial charge in [0.05, 0.1) is 6.20 Å². The zero-order valence-electron chi connectivity index (χ0n) is 12.7. The Labute approximate surface area is 132 Å². The molecule has 0 aliphatic carbocycles. The minimum absolute atomic E-state index is 0.0720. The SMILES string of the molecule is Cc1[nH]c2ccccc2c1C(=O)[C@@H](C)OC(=O)c1cnccn1. The topological polar surface area (TPSA) is 84.9 Å². The average Bonchev–Trinajstić information content (AvgIpc) is 2.90. The van der Waals surface area contributed by atoms with Gasteiger partial charge in [0.25, 0.3) is 0 Å². The normalized spacial score (nSPS) is 12.1. The highest BCUT2D eigenvalue weighted by atomic mass is 16.5. The van der Waals surface area contributed by atoms with Crippen molar-refractivity contribution in [2.24, 2.45) is 0 Å². The third-order valence-corrected chi connectivity index (χ3v) is 3.57. The van der Waals surface area contributed by atoms with E-state index in [9.17, 15) is 9.59 Å². The summed E-state index contributed by atoms with van der Waals surface area (Å²) >= 11 is 0. The Bertz CT molecular complexity index is 871. The smallest absolute Gasteiger partial charge is 0.359 e. The fourth-order valence-corrected chi connectivity index (χ4v) is 2.48. The molecule has 2 heterocycles. The molecule has 0 aliphatic rings. The molecule has 1 atom stereocenters. The number of benzene rings is 1. The van der Waals surface area contributed by atoms with Crippen LogP contribution in [0.5, 0.6) is 0 Å². The number of aromatic amines is 1. The molecule has 1 aromatic carbocycles. The Hall–Kier alpha value is -3.02. The number of nitrogens with one attached hydrogen (secondary N) is 1. The van der Waals surface area contributed by atoms with Crippen LogP contribution in [0.2, 0.25) is 0 Å². The molecule has 0 saturated heterocycles. The Morgan fingerprint density at radius 2 is 2.00 bits per heavy atom. The number of Topliss-reactive ketones (excluding diaryl/α,β-unsaturated/α-hetero) is 1. The molecule has 3 aromatic rings. The number of rotatable bonds is 4. The molecule has 6 nitrogen and oxygen atoms in total. The molecule has 3 rings (SSSR count). The molecule has 1 N–H and O–H groups in total. The molecule has 0 radical (unpaired) electrons. The molecule has 0 spiro atoms. The molecule has 2 aromatic heterocycles. The Morgan fingerprint density at radius 1 is 1.22 bits per heavy atom. The van der Waals surface area contributed by atoms with E-state index in [1.807, 2.05) is 31.2 Å². The molecular formula is C17H15N3O3. The van der Waals surface area contributed by atoms with Crippen molar-refractivity contribution >= 4 is 22.7 Å². The molecule has 0 saturated carbocycles. The van der Waals surface area contributed by atoms with Gasteiger partial charge < -0.3 is 9.72 Å². The number of aromatic nitrogens is 3. The number of para-hydroxylation sites is 1. The summed E-state index contributed by atoms with van der Waals surface area (Å²) in [6.07, 6.45) is 3.24. The van der Waals surface area contributed by atoms with Gasteiger partial charge in [0.1, 0.15) is 0 Å². The van der Waals surface area contributed by atoms with E-state index in [0.717, 1.165) is 16.6 Å². The van der Waals surface area contributed by atoms with Gasteiger partial charge in [-0.2, -0.15) is 0 Å². The van der Waals surface area contributed by atoms with Gasteiger partial charge in [-0.3, -0.25) is 9.78 Å². The highest BCUT2D eigenvalue weighted by Crippen LogP contribution is 2.24. The zero-order valence-corrected chi connectivity index (χ0v) is 12.7. The van der Waals surface area contributed by atoms with Crippen LogP contribution in [0.1, 0.15) is 33.5 Å². The van der Waals surface area contributed by atoms with E-state index in [1.54, 1.807) is 6.92 Å². The van der Waals surface area contributed by atoms with E-state index in [1.165, 1.54) is 18.6 Å². The molecule has 0 unspecified atom stereocenters. The van der Waals surface area contributed by atoms with Gasteiger partial charge in [0.2, 0.25) is 5.78 Å². The average molecular weight is 309 g/mol. The van der Waals surface area contributed by atoms with Crippen molar-refractivity contribution in [2.45, 2.75) is 20.0 Å². The number of hydrogen-bond acceptors (Lipinski definition) is 5. The van der Waals surface area contributed by atoms with Crippen LogP contribution in [0.25, 0.3) is 10.9 Å². The first-order valence-electron chi connectivity index (χ1n) is 7.16. The minimum atomic E-state index is -0.914. The lowest BCUT2D eigenvalue weighted by molar-refractivity contribution is 0.0313. The van der Waals surface area contributed by atoms with Gasteiger partial charge in [0, 0.05) is 34.6 Å². The summed E-state index contributed by atoms with van der Waals surface area (Å²) in [4.78, 5) is 35.5. The van der Waals surface area contributed by atoms with Crippen molar-refractivity contribution in [3.63, 3.8) is 0 Å². The number of H-pyrrole nitrogens is 1. The molecule has 0 fully saturated rings. The van der Waals surface area contributed by atoms with Gasteiger partial charge in [-0.05, 0) is 19.9 Å². The maximum atomic E-state index is 12.7. The van der Waals surface area contributed by atoms with E-state index in [0.29, 0.717) is 5.56 Å². The standard InChI is InChI=1S/C17H15N3O3/c1-10-15(12-5-3-4-6-13(12)20-10)16(21)11(2)23-17(22)14-9-18-7-8-19-14/h3-9,11,20H,1-2H3/t11-/m1/s1. The fourth-order valence-electron chi connectivity index (χ4n) is 2.48. The van der Waals surface area contributed by atoms with Crippen LogP contribution in [0.4, 0.5) is 0 Å². The summed E-state index contributed by atoms with van der Waals surface area (Å²) in [7, 11) is 0. The number of esters is 1. The van der Waals surface area contributed by atoms with Gasteiger partial charge in [-0.1, -0.05) is 18.2 Å². The first-order valence-corrected chi connectivity index (χ1v) is 7.16. The molecule has 116 valence electrons. The van der Waals surface area contributed by atoms with E-state index in [4.69, 9.17) is 4.74 Å². The van der Waals surface area contributed by atoms with Gasteiger partial charge in [0.15, 0.2) is 11.8 Å². The first-order chi connectivity index (χ1) is 11.1. The van der Waals surface area contributed by atoms with Crippen molar-refractivity contribution < 1.29 is 14.3 Å². The van der Waals surface area contributed by atoms with Crippen LogP contribution < -0.4 is 0 Å². The molecular weight excluding hydrogens is 294 g/mol. The van der Waals surface area contributed by atoms with Crippen molar-refractivity contribution in [1.82, 2.24) is 15.0 Å². The van der Waals surface area contributed by atoms with Gasteiger partial charge >= 0.3 is 5.97 Å². The highest BCUT2D eigenvalue weighted by molar-refractivity contribution is 6.11. The molecule has 0 amide bonds. The van der Waals surface area contributed by atoms with Crippen LogP contribution in [0.15, 0.2) is 42.9 Å². The van der Waals surface area contributed by atoms with Crippen molar-refractivity contribution in [3.05, 3.63) is 59.8 Å². The molecule has 6 heteroatoms. The fraction of sp³-hybridized carbons (Fsp3) is 0.176. The molecule has 0 bridgehead atoms. The third kappa shape index (κ3) is 2.83. The van der Waals surface area contributed by atoms with Crippen LogP contribution in [0.3, 0.4) is 0 Å². The summed E-state index contributed by atoms with van der Waals surface area (Å²) in [6, 6.07) is 7.52. The van der Waals surface area contributed by atoms with Crippen LogP contribution in [-0.4, -0.2) is 32.8 Å². The van der Waals surface area contributed by atoms with E-state index < -0.39 is 12.1 Å². The quantitative estimate of drug-likeness (QED) is 0.591. The lowest BCUT2D eigenvalue weighted by atomic mass is 10.0. The van der Waals surface area contributed by atoms with Gasteiger partial charge in [-0.15, -0.1) is 0 Å². The predicted octanol–water partition coefficient (Wildman–Crippen LogP) is 2.69. The second-order valence-corrected chi connectivity index (χ2v) is 5.17. The van der Waals surface area contributed by atoms with E-state index >= 15 is 0 Å². The summed E-state index contributed by atoms with van der Waals surface area (Å²) in [5.41, 5.74) is 2.24. The molecule has 23 heavy (non-hydrogen) atoms. The highest BCUT2D eigenvalue weighted by Gasteiger charge is 2.25. The molecule has 0 aliphatic heterocycles. The second-order valence-electron chi connectivity index (χ2n) is 5.17. The number of carbonyl (C=O) groups excluding carboxylic acids is 2. The van der Waals surface area contributed by atoms with Gasteiger partial charge in [-0.25, -0.2) is 9.78 Å².